The number of rotatable bonds is 3. The van der Waals surface area contributed by atoms with Crippen LogP contribution < -0.4 is 5.32 Å². The molecule has 6 heteroatoms. The molecule has 1 saturated carbocycles. The van der Waals surface area contributed by atoms with Gasteiger partial charge in [-0.3, -0.25) is 9.59 Å². The summed E-state index contributed by atoms with van der Waals surface area (Å²) in [5.41, 5.74) is 2.49. The topological polar surface area (TPSA) is 67.2 Å². The first-order valence-corrected chi connectivity index (χ1v) is 7.62. The largest absolute Gasteiger partial charge is 0.350 e. The molecule has 2 fully saturated rings. The zero-order valence-corrected chi connectivity index (χ0v) is 12.5. The van der Waals surface area contributed by atoms with Gasteiger partial charge in [-0.15, -0.1) is 0 Å². The molecule has 0 radical (unpaired) electrons. The molecule has 1 aliphatic heterocycles. The Balaban J connectivity index is 1.40. The lowest BCUT2D eigenvalue weighted by atomic mass is 10.1. The maximum absolute atomic E-state index is 12.4. The third kappa shape index (κ3) is 2.24. The van der Waals surface area contributed by atoms with Gasteiger partial charge in [0, 0.05) is 31.6 Å². The van der Waals surface area contributed by atoms with Gasteiger partial charge in [0.05, 0.1) is 23.4 Å². The van der Waals surface area contributed by atoms with Gasteiger partial charge in [0.25, 0.3) is 5.91 Å². The van der Waals surface area contributed by atoms with Crippen molar-refractivity contribution in [1.82, 2.24) is 19.8 Å². The van der Waals surface area contributed by atoms with Crippen LogP contribution in [0.15, 0.2) is 24.5 Å². The van der Waals surface area contributed by atoms with E-state index in [-0.39, 0.29) is 23.8 Å². The van der Waals surface area contributed by atoms with Gasteiger partial charge in [0.2, 0.25) is 5.91 Å². The van der Waals surface area contributed by atoms with E-state index in [0.717, 1.165) is 23.9 Å². The lowest BCUT2D eigenvalue weighted by Crippen LogP contribution is -2.61. The Morgan fingerprint density at radius 2 is 2.05 bits per heavy atom. The first kappa shape index (κ1) is 13.3. The number of carbonyl (C=O) groups excluding carboxylic acids is 2. The Labute approximate surface area is 128 Å². The Hall–Kier alpha value is -2.37. The number of aromatic nitrogens is 2. The monoisotopic (exact) mass is 298 g/mol. The van der Waals surface area contributed by atoms with Crippen molar-refractivity contribution in [3.8, 4) is 0 Å². The molecular weight excluding hydrogens is 280 g/mol. The number of imidazole rings is 1. The fourth-order valence-corrected chi connectivity index (χ4v) is 2.85. The molecule has 0 bridgehead atoms. The number of nitrogens with one attached hydrogen (secondary N) is 1. The number of fused-ring (bicyclic) bond motifs is 1. The molecule has 1 aliphatic carbocycles. The molecule has 1 N–H and O–H groups in total. The Morgan fingerprint density at radius 3 is 2.77 bits per heavy atom. The summed E-state index contributed by atoms with van der Waals surface area (Å²) in [6, 6.07) is 5.69. The van der Waals surface area contributed by atoms with Crippen molar-refractivity contribution < 1.29 is 9.59 Å². The second kappa shape index (κ2) is 4.83. The van der Waals surface area contributed by atoms with Crippen molar-refractivity contribution in [3.63, 3.8) is 0 Å². The molecule has 6 nitrogen and oxygen atoms in total. The van der Waals surface area contributed by atoms with Crippen LogP contribution in [-0.2, 0) is 11.8 Å². The molecule has 114 valence electrons. The van der Waals surface area contributed by atoms with Crippen molar-refractivity contribution in [2.24, 2.45) is 13.0 Å². The molecule has 2 amide bonds. The maximum atomic E-state index is 12.4. The van der Waals surface area contributed by atoms with Crippen LogP contribution in [0, 0.1) is 5.92 Å². The summed E-state index contributed by atoms with van der Waals surface area (Å²) in [7, 11) is 1.93. The summed E-state index contributed by atoms with van der Waals surface area (Å²) in [5.74, 6) is 0.368. The molecule has 0 spiro atoms. The summed E-state index contributed by atoms with van der Waals surface area (Å²) in [5, 5.41) is 3.00. The minimum Gasteiger partial charge on any atom is -0.350 e. The number of carbonyl (C=O) groups is 2. The van der Waals surface area contributed by atoms with Gasteiger partial charge in [-0.2, -0.15) is 0 Å². The molecule has 1 aromatic heterocycles. The predicted octanol–water partition coefficient (Wildman–Crippen LogP) is 0.924. The van der Waals surface area contributed by atoms with E-state index in [1.54, 1.807) is 11.2 Å². The molecule has 1 aromatic carbocycles. The lowest BCUT2D eigenvalue weighted by Gasteiger charge is -2.39. The summed E-state index contributed by atoms with van der Waals surface area (Å²) in [6.45, 7) is 1.19. The number of hydrogen-bond donors (Lipinski definition) is 1. The zero-order valence-electron chi connectivity index (χ0n) is 12.5. The second-order valence-corrected chi connectivity index (χ2v) is 6.25. The van der Waals surface area contributed by atoms with Crippen molar-refractivity contribution in [2.45, 2.75) is 18.9 Å². The van der Waals surface area contributed by atoms with Gasteiger partial charge in [0.15, 0.2) is 0 Å². The molecule has 4 rings (SSSR count). The van der Waals surface area contributed by atoms with Crippen molar-refractivity contribution in [1.29, 1.82) is 0 Å². The molecule has 2 aromatic rings. The van der Waals surface area contributed by atoms with E-state index in [4.69, 9.17) is 0 Å². The van der Waals surface area contributed by atoms with Gasteiger partial charge in [0.1, 0.15) is 0 Å². The van der Waals surface area contributed by atoms with Gasteiger partial charge in [-0.05, 0) is 31.0 Å². The highest BCUT2D eigenvalue weighted by Crippen LogP contribution is 2.29. The summed E-state index contributed by atoms with van der Waals surface area (Å²) >= 11 is 0. The van der Waals surface area contributed by atoms with Crippen LogP contribution in [0.1, 0.15) is 23.2 Å². The number of hydrogen-bond acceptors (Lipinski definition) is 3. The number of nitrogens with zero attached hydrogens (tertiary/aromatic N) is 3. The third-order valence-corrected chi connectivity index (χ3v) is 4.44. The average molecular weight is 298 g/mol. The smallest absolute Gasteiger partial charge is 0.254 e. The van der Waals surface area contributed by atoms with Crippen LogP contribution in [0.25, 0.3) is 11.0 Å². The zero-order chi connectivity index (χ0) is 15.3. The minimum absolute atomic E-state index is 0.00414. The van der Waals surface area contributed by atoms with E-state index in [1.807, 2.05) is 29.8 Å². The van der Waals surface area contributed by atoms with E-state index in [9.17, 15) is 9.59 Å². The summed E-state index contributed by atoms with van der Waals surface area (Å²) < 4.78 is 1.93. The molecular formula is C16H18N4O2. The van der Waals surface area contributed by atoms with Crippen LogP contribution in [0.2, 0.25) is 0 Å². The van der Waals surface area contributed by atoms with Gasteiger partial charge in [-0.1, -0.05) is 0 Å². The third-order valence-electron chi connectivity index (χ3n) is 4.44. The van der Waals surface area contributed by atoms with E-state index in [2.05, 4.69) is 10.3 Å². The molecule has 0 atom stereocenters. The Kier molecular flexibility index (Phi) is 2.92. The van der Waals surface area contributed by atoms with E-state index in [1.165, 1.54) is 0 Å². The van der Waals surface area contributed by atoms with Gasteiger partial charge >= 0.3 is 0 Å². The number of benzene rings is 1. The fourth-order valence-electron chi connectivity index (χ4n) is 2.85. The van der Waals surface area contributed by atoms with E-state index in [0.29, 0.717) is 18.7 Å². The quantitative estimate of drug-likeness (QED) is 0.916. The van der Waals surface area contributed by atoms with E-state index < -0.39 is 0 Å². The highest BCUT2D eigenvalue weighted by Gasteiger charge is 2.36. The van der Waals surface area contributed by atoms with Crippen LogP contribution in [-0.4, -0.2) is 45.4 Å². The lowest BCUT2D eigenvalue weighted by molar-refractivity contribution is -0.123. The van der Waals surface area contributed by atoms with Crippen molar-refractivity contribution in [2.75, 3.05) is 13.1 Å². The average Bonchev–Trinajstić information content (AvgIpc) is 3.26. The first-order valence-electron chi connectivity index (χ1n) is 7.62. The molecule has 1 saturated heterocycles. The highest BCUT2D eigenvalue weighted by molar-refractivity contribution is 5.98. The number of aryl methyl sites for hydroxylation is 1. The standard InChI is InChI=1S/C16H18N4O2/c1-19-9-17-13-6-11(4-5-14(13)19)16(22)20-7-12(8-20)18-15(21)10-2-3-10/h4-6,9-10,12H,2-3,7-8H2,1H3,(H,18,21). The van der Waals surface area contributed by atoms with Crippen LogP contribution >= 0.6 is 0 Å². The highest BCUT2D eigenvalue weighted by atomic mass is 16.2. The minimum atomic E-state index is 0.00414. The Morgan fingerprint density at radius 1 is 1.27 bits per heavy atom. The van der Waals surface area contributed by atoms with Crippen molar-refractivity contribution in [3.05, 3.63) is 30.1 Å². The Bertz CT molecular complexity index is 757. The van der Waals surface area contributed by atoms with Crippen LogP contribution in [0.3, 0.4) is 0 Å². The number of likely N-dealkylation sites (tertiary alicyclic amines) is 1. The second-order valence-electron chi connectivity index (χ2n) is 6.25. The summed E-state index contributed by atoms with van der Waals surface area (Å²) in [6.07, 6.45) is 3.75. The molecule has 2 heterocycles. The maximum Gasteiger partial charge on any atom is 0.254 e. The molecule has 22 heavy (non-hydrogen) atoms. The first-order chi connectivity index (χ1) is 10.6. The summed E-state index contributed by atoms with van der Waals surface area (Å²) in [4.78, 5) is 30.2. The normalized spacial score (nSPS) is 18.3. The molecule has 0 unspecified atom stereocenters. The van der Waals surface area contributed by atoms with E-state index >= 15 is 0 Å². The van der Waals surface area contributed by atoms with Crippen molar-refractivity contribution >= 4 is 22.8 Å². The van der Waals surface area contributed by atoms with Crippen LogP contribution in [0.5, 0.6) is 0 Å². The van der Waals surface area contributed by atoms with Crippen LogP contribution in [0.4, 0.5) is 0 Å². The number of amides is 2. The van der Waals surface area contributed by atoms with Gasteiger partial charge < -0.3 is 14.8 Å². The van der Waals surface area contributed by atoms with Gasteiger partial charge in [-0.25, -0.2) is 4.98 Å². The fraction of sp³-hybridized carbons (Fsp3) is 0.438. The molecule has 2 aliphatic rings. The predicted molar refractivity (Wildman–Crippen MR) is 81.3 cm³/mol. The SMILES string of the molecule is Cn1cnc2cc(C(=O)N3CC(NC(=O)C4CC4)C3)ccc21.